The molecule has 6 nitrogen and oxygen atoms in total. The van der Waals surface area contributed by atoms with Crippen LogP contribution in [0.25, 0.3) is 0 Å². The standard InChI is InChI=1S/C17H19F4N3O3/c1-17(8-3-5-22-6-4-8)15(25)24(16(26)23-17)7-9-10(18)12(20)14(27-2)13(21)11(9)19/h8,22H,3-7H2,1-2H3,(H,23,26). The van der Waals surface area contributed by atoms with Gasteiger partial charge in [0, 0.05) is 5.56 Å². The molecular weight excluding hydrogens is 370 g/mol. The van der Waals surface area contributed by atoms with Crippen LogP contribution in [0.15, 0.2) is 0 Å². The van der Waals surface area contributed by atoms with Gasteiger partial charge in [-0.15, -0.1) is 0 Å². The number of urea groups is 1. The summed E-state index contributed by atoms with van der Waals surface area (Å²) < 4.78 is 60.5. The smallest absolute Gasteiger partial charge is 0.325 e. The lowest BCUT2D eigenvalue weighted by Crippen LogP contribution is -2.53. The van der Waals surface area contributed by atoms with Crippen molar-refractivity contribution in [3.05, 3.63) is 28.8 Å². The number of ether oxygens (including phenoxy) is 1. The number of imide groups is 1. The molecule has 0 bridgehead atoms. The maximum Gasteiger partial charge on any atom is 0.325 e. The monoisotopic (exact) mass is 389 g/mol. The molecular formula is C17H19F4N3O3. The van der Waals surface area contributed by atoms with Gasteiger partial charge in [-0.1, -0.05) is 0 Å². The summed E-state index contributed by atoms with van der Waals surface area (Å²) >= 11 is 0. The van der Waals surface area contributed by atoms with E-state index >= 15 is 0 Å². The van der Waals surface area contributed by atoms with Crippen LogP contribution in [0.3, 0.4) is 0 Å². The number of hydrogen-bond donors (Lipinski definition) is 2. The molecule has 1 atom stereocenters. The molecule has 3 rings (SSSR count). The van der Waals surface area contributed by atoms with Gasteiger partial charge in [-0.2, -0.15) is 8.78 Å². The molecule has 2 heterocycles. The molecule has 0 aliphatic carbocycles. The van der Waals surface area contributed by atoms with Gasteiger partial charge in [0.25, 0.3) is 5.91 Å². The molecule has 2 saturated heterocycles. The van der Waals surface area contributed by atoms with Crippen LogP contribution in [-0.4, -0.2) is 42.6 Å². The van der Waals surface area contributed by atoms with E-state index in [0.29, 0.717) is 30.8 Å². The van der Waals surface area contributed by atoms with E-state index in [2.05, 4.69) is 15.4 Å². The van der Waals surface area contributed by atoms with Crippen molar-refractivity contribution in [2.45, 2.75) is 31.8 Å². The number of methoxy groups -OCH3 is 1. The number of piperidine rings is 1. The van der Waals surface area contributed by atoms with Crippen molar-refractivity contribution in [1.82, 2.24) is 15.5 Å². The van der Waals surface area contributed by atoms with E-state index in [1.165, 1.54) is 0 Å². The van der Waals surface area contributed by atoms with Gasteiger partial charge in [0.15, 0.2) is 17.4 Å². The first-order valence-corrected chi connectivity index (χ1v) is 8.46. The van der Waals surface area contributed by atoms with Crippen LogP contribution in [0, 0.1) is 29.2 Å². The van der Waals surface area contributed by atoms with Gasteiger partial charge in [0.1, 0.15) is 5.54 Å². The molecule has 148 valence electrons. The van der Waals surface area contributed by atoms with Gasteiger partial charge in [-0.05, 0) is 38.8 Å². The van der Waals surface area contributed by atoms with Crippen molar-refractivity contribution in [3.63, 3.8) is 0 Å². The Hall–Kier alpha value is -2.36. The summed E-state index contributed by atoms with van der Waals surface area (Å²) in [5, 5.41) is 5.70. The second-order valence-electron chi connectivity index (χ2n) is 6.82. The number of nitrogens with zero attached hydrogens (tertiary/aromatic N) is 1. The molecule has 2 fully saturated rings. The fraction of sp³-hybridized carbons (Fsp3) is 0.529. The fourth-order valence-corrected chi connectivity index (χ4v) is 3.67. The third-order valence-corrected chi connectivity index (χ3v) is 5.29. The molecule has 0 radical (unpaired) electrons. The van der Waals surface area contributed by atoms with E-state index < -0.39 is 58.6 Å². The summed E-state index contributed by atoms with van der Waals surface area (Å²) in [6.07, 6.45) is 1.26. The molecule has 2 aliphatic rings. The Morgan fingerprint density at radius 3 is 2.15 bits per heavy atom. The largest absolute Gasteiger partial charge is 0.491 e. The van der Waals surface area contributed by atoms with E-state index in [9.17, 15) is 27.2 Å². The molecule has 0 saturated carbocycles. The molecule has 27 heavy (non-hydrogen) atoms. The van der Waals surface area contributed by atoms with E-state index in [1.807, 2.05) is 0 Å². The highest BCUT2D eigenvalue weighted by atomic mass is 19.2. The number of hydrogen-bond acceptors (Lipinski definition) is 4. The summed E-state index contributed by atoms with van der Waals surface area (Å²) in [6, 6.07) is -0.864. The Balaban J connectivity index is 1.92. The van der Waals surface area contributed by atoms with Gasteiger partial charge in [0.05, 0.1) is 13.7 Å². The molecule has 2 N–H and O–H groups in total. The summed E-state index contributed by atoms with van der Waals surface area (Å²) in [6.45, 7) is 1.95. The van der Waals surface area contributed by atoms with Crippen LogP contribution in [-0.2, 0) is 11.3 Å². The summed E-state index contributed by atoms with van der Waals surface area (Å²) in [5.41, 5.74) is -2.29. The van der Waals surface area contributed by atoms with Gasteiger partial charge < -0.3 is 15.4 Å². The van der Waals surface area contributed by atoms with Crippen LogP contribution in [0.5, 0.6) is 5.75 Å². The minimum atomic E-state index is -1.72. The maximum absolute atomic E-state index is 14.2. The quantitative estimate of drug-likeness (QED) is 0.470. The number of carbonyl (C=O) groups excluding carboxylic acids is 2. The lowest BCUT2D eigenvalue weighted by Gasteiger charge is -2.34. The highest BCUT2D eigenvalue weighted by molar-refractivity contribution is 6.07. The van der Waals surface area contributed by atoms with E-state index in [4.69, 9.17) is 0 Å². The van der Waals surface area contributed by atoms with Crippen LogP contribution < -0.4 is 15.4 Å². The van der Waals surface area contributed by atoms with Crippen molar-refractivity contribution in [2.75, 3.05) is 20.2 Å². The maximum atomic E-state index is 14.2. The summed E-state index contributed by atoms with van der Waals surface area (Å²) in [7, 11) is 0.863. The minimum absolute atomic E-state index is 0.167. The Morgan fingerprint density at radius 2 is 1.63 bits per heavy atom. The van der Waals surface area contributed by atoms with Gasteiger partial charge in [-0.25, -0.2) is 13.6 Å². The van der Waals surface area contributed by atoms with Crippen LogP contribution in [0.4, 0.5) is 22.4 Å². The molecule has 1 unspecified atom stereocenters. The molecule has 1 aromatic carbocycles. The lowest BCUT2D eigenvalue weighted by atomic mass is 9.79. The van der Waals surface area contributed by atoms with Crippen molar-refractivity contribution in [2.24, 2.45) is 5.92 Å². The molecule has 1 aromatic rings. The fourth-order valence-electron chi connectivity index (χ4n) is 3.67. The predicted molar refractivity (Wildman–Crippen MR) is 85.9 cm³/mol. The molecule has 0 spiro atoms. The predicted octanol–water partition coefficient (Wildman–Crippen LogP) is 2.06. The average molecular weight is 389 g/mol. The SMILES string of the molecule is COc1c(F)c(F)c(CN2C(=O)NC(C)(C3CCNCC3)C2=O)c(F)c1F. The second kappa shape index (κ2) is 6.99. The topological polar surface area (TPSA) is 70.7 Å². The highest BCUT2D eigenvalue weighted by Crippen LogP contribution is 2.35. The van der Waals surface area contributed by atoms with Crippen molar-refractivity contribution < 1.29 is 31.9 Å². The minimum Gasteiger partial charge on any atom is -0.491 e. The number of amides is 3. The third-order valence-electron chi connectivity index (χ3n) is 5.29. The zero-order valence-electron chi connectivity index (χ0n) is 14.8. The number of rotatable bonds is 4. The molecule has 0 aromatic heterocycles. The second-order valence-corrected chi connectivity index (χ2v) is 6.82. The van der Waals surface area contributed by atoms with Crippen LogP contribution in [0.2, 0.25) is 0 Å². The number of carbonyl (C=O) groups is 2. The molecule has 10 heteroatoms. The molecule has 2 aliphatic heterocycles. The van der Waals surface area contributed by atoms with E-state index in [1.54, 1.807) is 6.92 Å². The lowest BCUT2D eigenvalue weighted by molar-refractivity contribution is -0.133. The Kier molecular flexibility index (Phi) is 5.02. The first-order chi connectivity index (χ1) is 12.7. The average Bonchev–Trinajstić information content (AvgIpc) is 2.88. The molecule has 3 amide bonds. The van der Waals surface area contributed by atoms with Crippen molar-refractivity contribution in [1.29, 1.82) is 0 Å². The first kappa shape index (κ1) is 19.4. The number of nitrogens with one attached hydrogen (secondary N) is 2. The third kappa shape index (κ3) is 3.01. The highest BCUT2D eigenvalue weighted by Gasteiger charge is 2.52. The van der Waals surface area contributed by atoms with Crippen molar-refractivity contribution in [3.8, 4) is 5.75 Å². The van der Waals surface area contributed by atoms with Gasteiger partial charge in [0.2, 0.25) is 11.6 Å². The van der Waals surface area contributed by atoms with E-state index in [0.717, 1.165) is 7.11 Å². The van der Waals surface area contributed by atoms with Crippen LogP contribution >= 0.6 is 0 Å². The number of halogens is 4. The Labute approximate surface area is 152 Å². The zero-order chi connectivity index (χ0) is 19.9. The van der Waals surface area contributed by atoms with E-state index in [-0.39, 0.29) is 5.92 Å². The Morgan fingerprint density at radius 1 is 1.07 bits per heavy atom. The van der Waals surface area contributed by atoms with Crippen LogP contribution in [0.1, 0.15) is 25.3 Å². The number of benzene rings is 1. The van der Waals surface area contributed by atoms with Gasteiger partial charge in [-0.3, -0.25) is 9.69 Å². The van der Waals surface area contributed by atoms with Gasteiger partial charge >= 0.3 is 6.03 Å². The summed E-state index contributed by atoms with van der Waals surface area (Å²) in [5.74, 6) is -8.91. The Bertz CT molecular complexity index is 769. The van der Waals surface area contributed by atoms with Crippen molar-refractivity contribution >= 4 is 11.9 Å². The summed E-state index contributed by atoms with van der Waals surface area (Å²) in [4.78, 5) is 25.7. The zero-order valence-corrected chi connectivity index (χ0v) is 14.8. The first-order valence-electron chi connectivity index (χ1n) is 8.46. The normalized spacial score (nSPS) is 23.7.